The summed E-state index contributed by atoms with van der Waals surface area (Å²) in [6, 6.07) is 0. The highest BCUT2D eigenvalue weighted by Gasteiger charge is 2.03. The third-order valence-corrected chi connectivity index (χ3v) is 7.79. The summed E-state index contributed by atoms with van der Waals surface area (Å²) in [5.74, 6) is 0. The van der Waals surface area contributed by atoms with E-state index in [1.54, 1.807) is 0 Å². The fourth-order valence-electron chi connectivity index (χ4n) is 5.33. The second-order valence-electron chi connectivity index (χ2n) is 11.4. The molecule has 0 bridgehead atoms. The molecule has 0 atom stereocenters. The molecule has 0 saturated carbocycles. The summed E-state index contributed by atoms with van der Waals surface area (Å²) in [5.41, 5.74) is 0. The number of aryl methyl sites for hydroxylation is 2. The van der Waals surface area contributed by atoms with Gasteiger partial charge in [0.1, 0.15) is 12.4 Å². The fraction of sp³-hybridized carbons (Fsp3) is 0.909. The van der Waals surface area contributed by atoms with Crippen LogP contribution in [-0.2, 0) is 13.1 Å². The lowest BCUT2D eigenvalue weighted by Crippen LogP contribution is -2.30. The van der Waals surface area contributed by atoms with Gasteiger partial charge in [-0.25, -0.2) is 9.13 Å². The molecule has 0 radical (unpaired) electrons. The molecule has 1 rings (SSSR count). The van der Waals surface area contributed by atoms with Gasteiger partial charge in [0, 0.05) is 0 Å². The van der Waals surface area contributed by atoms with Gasteiger partial charge in [0.25, 0.3) is 0 Å². The second kappa shape index (κ2) is 26.3. The second-order valence-corrected chi connectivity index (χ2v) is 11.4. The number of nitrogens with zero attached hydrogens (tertiary/aromatic N) is 2. The number of aromatic nitrogens is 2. The number of unbranched alkanes of at least 4 members (excludes halogenated alkanes) is 24. The molecule has 0 amide bonds. The predicted octanol–water partition coefficient (Wildman–Crippen LogP) is 11.0. The van der Waals surface area contributed by atoms with Gasteiger partial charge in [0.15, 0.2) is 0 Å². The molecule has 0 fully saturated rings. The topological polar surface area (TPSA) is 8.81 Å². The van der Waals surface area contributed by atoms with E-state index < -0.39 is 0 Å². The van der Waals surface area contributed by atoms with Crippen LogP contribution in [0.4, 0.5) is 0 Å². The highest BCUT2D eigenvalue weighted by Crippen LogP contribution is 2.14. The van der Waals surface area contributed by atoms with Crippen molar-refractivity contribution < 1.29 is 4.57 Å². The van der Waals surface area contributed by atoms with E-state index in [9.17, 15) is 0 Å². The summed E-state index contributed by atoms with van der Waals surface area (Å²) in [5, 5.41) is 0. The molecule has 1 heterocycles. The molecule has 0 aromatic carbocycles. The van der Waals surface area contributed by atoms with E-state index >= 15 is 0 Å². The van der Waals surface area contributed by atoms with Crippen LogP contribution in [-0.4, -0.2) is 4.57 Å². The Labute approximate surface area is 221 Å². The maximum absolute atomic E-state index is 2.40. The van der Waals surface area contributed by atoms with Gasteiger partial charge < -0.3 is 0 Å². The molecule has 206 valence electrons. The largest absolute Gasteiger partial charge is 0.243 e. The average Bonchev–Trinajstić information content (AvgIpc) is 3.32. The van der Waals surface area contributed by atoms with Crippen LogP contribution < -0.4 is 4.57 Å². The highest BCUT2D eigenvalue weighted by molar-refractivity contribution is 4.66. The summed E-state index contributed by atoms with van der Waals surface area (Å²) in [6.07, 6.45) is 44.2. The minimum Gasteiger partial charge on any atom is -0.237 e. The summed E-state index contributed by atoms with van der Waals surface area (Å²) in [4.78, 5) is 0. The summed E-state index contributed by atoms with van der Waals surface area (Å²) in [6.45, 7) is 7.00. The molecule has 0 aliphatic rings. The van der Waals surface area contributed by atoms with E-state index in [0.717, 1.165) is 0 Å². The summed E-state index contributed by atoms with van der Waals surface area (Å²) in [7, 11) is 0. The molecule has 0 aliphatic carbocycles. The van der Waals surface area contributed by atoms with Gasteiger partial charge in [-0.15, -0.1) is 0 Å². The van der Waals surface area contributed by atoms with Crippen LogP contribution in [0.15, 0.2) is 18.7 Å². The zero-order chi connectivity index (χ0) is 25.1. The van der Waals surface area contributed by atoms with E-state index in [0.29, 0.717) is 0 Å². The maximum Gasteiger partial charge on any atom is 0.243 e. The van der Waals surface area contributed by atoms with Gasteiger partial charge in [-0.1, -0.05) is 155 Å². The molecule has 0 spiro atoms. The first-order valence-corrected chi connectivity index (χ1v) is 16.4. The SMILES string of the molecule is CCCCCCCCCCCCCCCC[n+]1ccn(CCCCCCCCCCCCCC)c1. The smallest absolute Gasteiger partial charge is 0.237 e. The van der Waals surface area contributed by atoms with Crippen LogP contribution in [0.3, 0.4) is 0 Å². The standard InChI is InChI=1S/C33H65N2/c1-3-5-7-9-11-13-15-17-18-20-22-24-26-28-30-35-32-31-34(33-35)29-27-25-23-21-19-16-14-12-10-8-6-4-2/h31-33H,3-30H2,1-2H3/q+1. The lowest BCUT2D eigenvalue weighted by Gasteiger charge is -2.03. The van der Waals surface area contributed by atoms with Gasteiger partial charge in [-0.3, -0.25) is 0 Å². The van der Waals surface area contributed by atoms with Crippen LogP contribution >= 0.6 is 0 Å². The van der Waals surface area contributed by atoms with Crippen LogP contribution in [0.25, 0.3) is 0 Å². The minimum absolute atomic E-state index is 1.20. The third-order valence-electron chi connectivity index (χ3n) is 7.79. The van der Waals surface area contributed by atoms with Crippen molar-refractivity contribution in [3.8, 4) is 0 Å². The number of imidazole rings is 1. The molecule has 2 nitrogen and oxygen atoms in total. The van der Waals surface area contributed by atoms with Crippen molar-refractivity contribution in [2.24, 2.45) is 0 Å². The molecule has 0 N–H and O–H groups in total. The van der Waals surface area contributed by atoms with Crippen LogP contribution in [0.1, 0.15) is 181 Å². The summed E-state index contributed by atoms with van der Waals surface area (Å²) < 4.78 is 4.81. The van der Waals surface area contributed by atoms with E-state index in [-0.39, 0.29) is 0 Å². The van der Waals surface area contributed by atoms with Gasteiger partial charge in [0.2, 0.25) is 6.33 Å². The fourth-order valence-corrected chi connectivity index (χ4v) is 5.33. The molecule has 0 aliphatic heterocycles. The lowest BCUT2D eigenvalue weighted by atomic mass is 10.0. The number of hydrogen-bond donors (Lipinski definition) is 0. The first-order valence-electron chi connectivity index (χ1n) is 16.4. The Kier molecular flexibility index (Phi) is 24.2. The first kappa shape index (κ1) is 32.2. The van der Waals surface area contributed by atoms with Crippen molar-refractivity contribution in [1.29, 1.82) is 0 Å². The lowest BCUT2D eigenvalue weighted by molar-refractivity contribution is -0.696. The van der Waals surface area contributed by atoms with E-state index in [2.05, 4.69) is 41.7 Å². The Morgan fingerprint density at radius 3 is 1.17 bits per heavy atom. The monoisotopic (exact) mass is 490 g/mol. The van der Waals surface area contributed by atoms with Crippen molar-refractivity contribution in [3.63, 3.8) is 0 Å². The van der Waals surface area contributed by atoms with Crippen LogP contribution in [0.2, 0.25) is 0 Å². The molecule has 1 aromatic heterocycles. The molecule has 0 saturated heterocycles. The molecule has 2 heteroatoms. The van der Waals surface area contributed by atoms with Crippen molar-refractivity contribution >= 4 is 0 Å². The summed E-state index contributed by atoms with van der Waals surface area (Å²) >= 11 is 0. The Morgan fingerprint density at radius 1 is 0.429 bits per heavy atom. The van der Waals surface area contributed by atoms with Crippen molar-refractivity contribution in [2.45, 2.75) is 194 Å². The van der Waals surface area contributed by atoms with Crippen molar-refractivity contribution in [2.75, 3.05) is 0 Å². The molecule has 35 heavy (non-hydrogen) atoms. The van der Waals surface area contributed by atoms with E-state index in [1.807, 2.05) is 0 Å². The Hall–Kier alpha value is -0.790. The molecular weight excluding hydrogens is 424 g/mol. The van der Waals surface area contributed by atoms with Crippen LogP contribution in [0.5, 0.6) is 0 Å². The highest BCUT2D eigenvalue weighted by atomic mass is 15.1. The van der Waals surface area contributed by atoms with E-state index in [4.69, 9.17) is 0 Å². The number of rotatable bonds is 28. The van der Waals surface area contributed by atoms with Gasteiger partial charge in [-0.2, -0.15) is 0 Å². The first-order chi connectivity index (χ1) is 17.4. The third kappa shape index (κ3) is 22.2. The quantitative estimate of drug-likeness (QED) is 0.0817. The average molecular weight is 490 g/mol. The van der Waals surface area contributed by atoms with Gasteiger partial charge in [-0.05, 0) is 25.7 Å². The maximum atomic E-state index is 2.40. The Morgan fingerprint density at radius 2 is 0.771 bits per heavy atom. The normalized spacial score (nSPS) is 11.5. The minimum atomic E-state index is 1.20. The predicted molar refractivity (Wildman–Crippen MR) is 156 cm³/mol. The zero-order valence-electron chi connectivity index (χ0n) is 24.4. The Bertz CT molecular complexity index is 521. The molecular formula is C33H65N2+. The molecule has 0 unspecified atom stereocenters. The van der Waals surface area contributed by atoms with E-state index in [1.165, 1.54) is 180 Å². The Balaban J connectivity index is 1.82. The zero-order valence-corrected chi connectivity index (χ0v) is 24.4. The van der Waals surface area contributed by atoms with Crippen LogP contribution in [0, 0.1) is 0 Å². The van der Waals surface area contributed by atoms with Gasteiger partial charge in [0.05, 0.1) is 13.1 Å². The number of hydrogen-bond acceptors (Lipinski definition) is 0. The van der Waals surface area contributed by atoms with Crippen molar-refractivity contribution in [3.05, 3.63) is 18.7 Å². The van der Waals surface area contributed by atoms with Gasteiger partial charge >= 0.3 is 0 Å². The van der Waals surface area contributed by atoms with Crippen molar-refractivity contribution in [1.82, 2.24) is 4.57 Å². The molecule has 1 aromatic rings.